The first-order valence-corrected chi connectivity index (χ1v) is 18.8. The van der Waals surface area contributed by atoms with Crippen molar-refractivity contribution in [3.63, 3.8) is 0 Å². The van der Waals surface area contributed by atoms with Crippen LogP contribution in [0.15, 0.2) is 72.8 Å². The van der Waals surface area contributed by atoms with Gasteiger partial charge in [-0.3, -0.25) is 14.5 Å². The van der Waals surface area contributed by atoms with Crippen molar-refractivity contribution in [3.05, 3.63) is 83.9 Å². The van der Waals surface area contributed by atoms with Crippen LogP contribution in [0.4, 0.5) is 4.79 Å². The van der Waals surface area contributed by atoms with Crippen LogP contribution in [0.3, 0.4) is 0 Å². The van der Waals surface area contributed by atoms with E-state index in [1.54, 1.807) is 13.0 Å². The van der Waals surface area contributed by atoms with E-state index in [2.05, 4.69) is 6.92 Å². The molecule has 7 nitrogen and oxygen atoms in total. The highest BCUT2D eigenvalue weighted by molar-refractivity contribution is 8.15. The molecule has 2 aromatic rings. The summed E-state index contributed by atoms with van der Waals surface area (Å²) in [5, 5.41) is 21.5. The van der Waals surface area contributed by atoms with Gasteiger partial charge in [0, 0.05) is 13.2 Å². The predicted octanol–water partition coefficient (Wildman–Crippen LogP) is 9.38. The second kappa shape index (κ2) is 19.9. The minimum absolute atomic E-state index is 0.119. The number of benzene rings is 2. The van der Waals surface area contributed by atoms with E-state index >= 15 is 0 Å². The standard InChI is InChI=1S/C40H57NO6S/c1-5-7-8-12-21-29-47-30-22-13-10-9-11-20-27-34(39(46,28-6-2)37(43)44)36(42)41-35(31(3)4)40(48-38(41)45,32-23-16-14-17-24-32)33-25-18-15-19-26-33/h14-20,23-27,31,34-35,46H,5-13,21-22,28-30H2,1-4H3,(H,43,44)/b27-20+/t34-,35+,39+/m1/s1. The molecule has 1 heterocycles. The van der Waals surface area contributed by atoms with E-state index in [-0.39, 0.29) is 12.3 Å². The molecule has 1 saturated heterocycles. The molecule has 2 aromatic carbocycles. The minimum atomic E-state index is -2.35. The molecule has 0 aromatic heterocycles. The molecule has 0 bridgehead atoms. The lowest BCUT2D eigenvalue weighted by Crippen LogP contribution is -2.56. The molecule has 8 heteroatoms. The van der Waals surface area contributed by atoms with Gasteiger partial charge in [0.1, 0.15) is 0 Å². The molecule has 0 spiro atoms. The van der Waals surface area contributed by atoms with Crippen LogP contribution < -0.4 is 0 Å². The van der Waals surface area contributed by atoms with Gasteiger partial charge in [-0.25, -0.2) is 4.79 Å². The van der Waals surface area contributed by atoms with E-state index < -0.39 is 39.4 Å². The van der Waals surface area contributed by atoms with E-state index in [4.69, 9.17) is 4.74 Å². The predicted molar refractivity (Wildman–Crippen MR) is 195 cm³/mol. The summed E-state index contributed by atoms with van der Waals surface area (Å²) in [4.78, 5) is 42.6. The van der Waals surface area contributed by atoms with Crippen LogP contribution in [0, 0.1) is 11.8 Å². The number of imide groups is 1. The number of hydrogen-bond donors (Lipinski definition) is 2. The lowest BCUT2D eigenvalue weighted by molar-refractivity contribution is -0.169. The highest BCUT2D eigenvalue weighted by Gasteiger charge is 2.60. The number of aliphatic hydroxyl groups is 1. The van der Waals surface area contributed by atoms with Crippen LogP contribution in [0.25, 0.3) is 0 Å². The number of carbonyl (C=O) groups is 3. The number of allylic oxidation sites excluding steroid dienone is 1. The number of carboxylic acids is 1. The van der Waals surface area contributed by atoms with Crippen molar-refractivity contribution in [3.8, 4) is 0 Å². The lowest BCUT2D eigenvalue weighted by Gasteiger charge is -2.41. The highest BCUT2D eigenvalue weighted by Crippen LogP contribution is 2.56. The number of rotatable bonds is 22. The fraction of sp³-hybridized carbons (Fsp3) is 0.575. The topological polar surface area (TPSA) is 104 Å². The molecule has 2 amide bonds. The Kier molecular flexibility index (Phi) is 16.4. The molecule has 0 aliphatic carbocycles. The van der Waals surface area contributed by atoms with Crippen molar-refractivity contribution in [1.82, 2.24) is 4.90 Å². The van der Waals surface area contributed by atoms with Gasteiger partial charge >= 0.3 is 5.97 Å². The second-order valence-corrected chi connectivity index (χ2v) is 14.5. The Morgan fingerprint density at radius 2 is 1.42 bits per heavy atom. The van der Waals surface area contributed by atoms with Crippen LogP contribution in [0.2, 0.25) is 0 Å². The molecular weight excluding hydrogens is 623 g/mol. The zero-order valence-corrected chi connectivity index (χ0v) is 30.3. The Bertz CT molecular complexity index is 1260. The van der Waals surface area contributed by atoms with Crippen LogP contribution in [-0.4, -0.2) is 57.1 Å². The zero-order chi connectivity index (χ0) is 35.0. The number of unbranched alkanes of at least 4 members (excludes halogenated alkanes) is 8. The Hall–Kier alpha value is -2.94. The second-order valence-electron chi connectivity index (χ2n) is 13.3. The van der Waals surface area contributed by atoms with Gasteiger partial charge in [-0.1, -0.05) is 145 Å². The van der Waals surface area contributed by atoms with Crippen molar-refractivity contribution < 1.29 is 29.3 Å². The summed E-state index contributed by atoms with van der Waals surface area (Å²) >= 11 is 1.09. The normalized spacial score (nSPS) is 18.0. The number of carbonyl (C=O) groups excluding carboxylic acids is 2. The van der Waals surface area contributed by atoms with Gasteiger partial charge in [0.2, 0.25) is 5.91 Å². The number of aliphatic carboxylic acids is 1. The molecule has 3 rings (SSSR count). The van der Waals surface area contributed by atoms with E-state index in [1.807, 2.05) is 74.5 Å². The van der Waals surface area contributed by atoms with Gasteiger partial charge in [-0.2, -0.15) is 0 Å². The summed E-state index contributed by atoms with van der Waals surface area (Å²) in [6.07, 6.45) is 14.2. The molecule has 48 heavy (non-hydrogen) atoms. The molecule has 3 atom stereocenters. The number of thioether (sulfide) groups is 1. The van der Waals surface area contributed by atoms with Gasteiger partial charge in [-0.05, 0) is 60.9 Å². The Labute approximate surface area is 292 Å². The minimum Gasteiger partial charge on any atom is -0.479 e. The number of ether oxygens (including phenoxy) is 1. The van der Waals surface area contributed by atoms with Crippen LogP contribution in [0.1, 0.15) is 116 Å². The average Bonchev–Trinajstić information content (AvgIpc) is 3.41. The number of nitrogens with zero attached hydrogens (tertiary/aromatic N) is 1. The van der Waals surface area contributed by atoms with Crippen molar-refractivity contribution in [1.29, 1.82) is 0 Å². The number of hydrogen-bond acceptors (Lipinski definition) is 6. The molecule has 1 aliphatic rings. The van der Waals surface area contributed by atoms with Crippen molar-refractivity contribution >= 4 is 28.9 Å². The Morgan fingerprint density at radius 1 is 0.875 bits per heavy atom. The van der Waals surface area contributed by atoms with Crippen LogP contribution >= 0.6 is 11.8 Å². The van der Waals surface area contributed by atoms with Crippen LogP contribution in [0.5, 0.6) is 0 Å². The number of carboxylic acid groups (broad SMARTS) is 1. The highest BCUT2D eigenvalue weighted by atomic mass is 32.2. The summed E-state index contributed by atoms with van der Waals surface area (Å²) in [7, 11) is 0. The average molecular weight is 680 g/mol. The summed E-state index contributed by atoms with van der Waals surface area (Å²) in [5.41, 5.74) is -0.585. The van der Waals surface area contributed by atoms with Crippen molar-refractivity contribution in [2.24, 2.45) is 11.8 Å². The third-order valence-corrected chi connectivity index (χ3v) is 10.7. The summed E-state index contributed by atoms with van der Waals surface area (Å²) < 4.78 is 4.85. The quantitative estimate of drug-likeness (QED) is 0.0944. The maximum atomic E-state index is 14.6. The van der Waals surface area contributed by atoms with Gasteiger partial charge in [0.15, 0.2) is 5.60 Å². The smallest absolute Gasteiger partial charge is 0.336 e. The maximum absolute atomic E-state index is 14.6. The molecule has 1 aliphatic heterocycles. The largest absolute Gasteiger partial charge is 0.479 e. The van der Waals surface area contributed by atoms with Crippen molar-refractivity contribution in [2.75, 3.05) is 13.2 Å². The van der Waals surface area contributed by atoms with E-state index in [1.165, 1.54) is 36.7 Å². The molecule has 264 valence electrons. The molecule has 0 unspecified atom stereocenters. The fourth-order valence-corrected chi connectivity index (χ4v) is 8.45. The molecule has 2 N–H and O–H groups in total. The van der Waals surface area contributed by atoms with E-state index in [9.17, 15) is 24.6 Å². The lowest BCUT2D eigenvalue weighted by atomic mass is 9.77. The van der Waals surface area contributed by atoms with Gasteiger partial charge in [0.05, 0.1) is 16.7 Å². The first kappa shape index (κ1) is 39.5. The van der Waals surface area contributed by atoms with E-state index in [0.717, 1.165) is 68.2 Å². The van der Waals surface area contributed by atoms with Gasteiger partial charge in [0.25, 0.3) is 5.24 Å². The Morgan fingerprint density at radius 3 is 1.92 bits per heavy atom. The third kappa shape index (κ3) is 9.82. The summed E-state index contributed by atoms with van der Waals surface area (Å²) in [6, 6.07) is 18.8. The van der Waals surface area contributed by atoms with E-state index in [0.29, 0.717) is 12.8 Å². The zero-order valence-electron chi connectivity index (χ0n) is 29.4. The Balaban J connectivity index is 1.80. The molecule has 0 radical (unpaired) electrons. The summed E-state index contributed by atoms with van der Waals surface area (Å²) in [6.45, 7) is 9.52. The third-order valence-electron chi connectivity index (χ3n) is 9.33. The first-order valence-electron chi connectivity index (χ1n) is 18.0. The van der Waals surface area contributed by atoms with Gasteiger partial charge in [-0.15, -0.1) is 0 Å². The van der Waals surface area contributed by atoms with Crippen molar-refractivity contribution in [2.45, 2.75) is 121 Å². The van der Waals surface area contributed by atoms with Crippen LogP contribution in [-0.2, 0) is 19.1 Å². The SMILES string of the molecule is CCCCCCCOCCCCCC/C=C/[C@H](C(=O)N1C(=O)SC(c2ccccc2)(c2ccccc2)[C@@H]1C(C)C)[C@@](O)(CCC)C(=O)O. The fourth-order valence-electron chi connectivity index (χ4n) is 6.87. The monoisotopic (exact) mass is 679 g/mol. The number of amides is 2. The molecular formula is C40H57NO6S. The van der Waals surface area contributed by atoms with Gasteiger partial charge < -0.3 is 14.9 Å². The maximum Gasteiger partial charge on any atom is 0.336 e. The molecule has 1 fully saturated rings. The summed E-state index contributed by atoms with van der Waals surface area (Å²) in [5.74, 6) is -3.74. The molecule has 0 saturated carbocycles. The first-order chi connectivity index (χ1) is 23.1.